The summed E-state index contributed by atoms with van der Waals surface area (Å²) in [4.78, 5) is 9.71. The Balaban J connectivity index is 3.26. The number of ether oxygens (including phenoxy) is 1. The fourth-order valence-electron chi connectivity index (χ4n) is 0.850. The molecule has 0 spiro atoms. The molecule has 0 bridgehead atoms. The maximum absolute atomic E-state index is 11.9. The highest BCUT2D eigenvalue weighted by Gasteiger charge is 2.19. The molecule has 0 N–H and O–H groups in total. The van der Waals surface area contributed by atoms with Crippen LogP contribution in [0.25, 0.3) is 0 Å². The Bertz CT molecular complexity index is 372. The molecule has 0 radical (unpaired) electrons. The van der Waals surface area contributed by atoms with Crippen molar-refractivity contribution in [2.75, 3.05) is 6.86 Å². The average Bonchev–Trinajstić information content (AvgIpc) is 2.11. The largest absolute Gasteiger partial charge is 0.460 e. The molecule has 0 aliphatic carbocycles. The van der Waals surface area contributed by atoms with Gasteiger partial charge in [0, 0.05) is 6.07 Å². The highest BCUT2D eigenvalue weighted by atomic mass is 35.5. The molecule has 0 amide bonds. The molecular weight excluding hydrogens is 236 g/mol. The van der Waals surface area contributed by atoms with Crippen LogP contribution in [0.2, 0.25) is 10.0 Å². The molecule has 0 aliphatic heterocycles. The molecule has 4 nitrogen and oxygen atoms in total. The average molecular weight is 240 g/mol. The van der Waals surface area contributed by atoms with Gasteiger partial charge in [0.1, 0.15) is 0 Å². The van der Waals surface area contributed by atoms with Crippen LogP contribution in [-0.4, -0.2) is 11.8 Å². The lowest BCUT2D eigenvalue weighted by Gasteiger charge is -2.05. The van der Waals surface area contributed by atoms with Crippen molar-refractivity contribution in [3.63, 3.8) is 0 Å². The van der Waals surface area contributed by atoms with Crippen molar-refractivity contribution < 1.29 is 14.1 Å². The van der Waals surface area contributed by atoms with E-state index in [1.165, 1.54) is 6.07 Å². The zero-order valence-corrected chi connectivity index (χ0v) is 8.18. The van der Waals surface area contributed by atoms with E-state index in [2.05, 4.69) is 4.74 Å². The van der Waals surface area contributed by atoms with Gasteiger partial charge in [-0.2, -0.15) is 0 Å². The number of nitro groups is 1. The van der Waals surface area contributed by atoms with Gasteiger partial charge in [-0.1, -0.05) is 23.2 Å². The zero-order valence-electron chi connectivity index (χ0n) is 6.67. The lowest BCUT2D eigenvalue weighted by atomic mass is 10.3. The summed E-state index contributed by atoms with van der Waals surface area (Å²) in [6.45, 7) is -1.15. The zero-order chi connectivity index (χ0) is 10.7. The van der Waals surface area contributed by atoms with Crippen molar-refractivity contribution in [2.24, 2.45) is 0 Å². The van der Waals surface area contributed by atoms with Crippen LogP contribution in [0.5, 0.6) is 5.75 Å². The Morgan fingerprint density at radius 1 is 1.50 bits per heavy atom. The van der Waals surface area contributed by atoms with Crippen LogP contribution < -0.4 is 4.74 Å². The van der Waals surface area contributed by atoms with Crippen molar-refractivity contribution in [1.29, 1.82) is 0 Å². The number of nitro benzene ring substituents is 1. The van der Waals surface area contributed by atoms with E-state index in [4.69, 9.17) is 23.2 Å². The van der Waals surface area contributed by atoms with Gasteiger partial charge in [0.2, 0.25) is 6.86 Å². The highest BCUT2D eigenvalue weighted by Crippen LogP contribution is 2.39. The summed E-state index contributed by atoms with van der Waals surface area (Å²) in [5.41, 5.74) is -0.375. The van der Waals surface area contributed by atoms with Crippen LogP contribution in [0.3, 0.4) is 0 Å². The van der Waals surface area contributed by atoms with E-state index in [0.29, 0.717) is 0 Å². The van der Waals surface area contributed by atoms with Crippen molar-refractivity contribution in [3.05, 3.63) is 32.3 Å². The summed E-state index contributed by atoms with van der Waals surface area (Å²) in [5.74, 6) is -0.218. The predicted octanol–water partition coefficient (Wildman–Crippen LogP) is 3.21. The summed E-state index contributed by atoms with van der Waals surface area (Å²) in [7, 11) is 0. The maximum Gasteiger partial charge on any atom is 0.291 e. The van der Waals surface area contributed by atoms with Crippen molar-refractivity contribution >= 4 is 28.9 Å². The third-order valence-electron chi connectivity index (χ3n) is 1.42. The molecule has 0 heterocycles. The Kier molecular flexibility index (Phi) is 3.49. The number of benzene rings is 1. The summed E-state index contributed by atoms with van der Waals surface area (Å²) in [6.07, 6.45) is 0. The second kappa shape index (κ2) is 4.43. The molecule has 1 aromatic carbocycles. The van der Waals surface area contributed by atoms with Gasteiger partial charge in [-0.05, 0) is 6.07 Å². The van der Waals surface area contributed by atoms with Gasteiger partial charge in [0.05, 0.1) is 9.95 Å². The molecule has 76 valence electrons. The molecule has 0 aromatic heterocycles. The van der Waals surface area contributed by atoms with E-state index in [9.17, 15) is 14.5 Å². The molecular formula is C7H4Cl2FNO3. The number of halogens is 3. The van der Waals surface area contributed by atoms with Gasteiger partial charge in [0.15, 0.2) is 10.8 Å². The summed E-state index contributed by atoms with van der Waals surface area (Å²) >= 11 is 11.2. The van der Waals surface area contributed by atoms with E-state index in [-0.39, 0.29) is 21.5 Å². The Hall–Kier alpha value is -1.07. The van der Waals surface area contributed by atoms with E-state index in [0.717, 1.165) is 6.07 Å². The van der Waals surface area contributed by atoms with Gasteiger partial charge in [-0.15, -0.1) is 0 Å². The third-order valence-corrected chi connectivity index (χ3v) is 2.09. The summed E-state index contributed by atoms with van der Waals surface area (Å²) in [6, 6.07) is 2.34. The molecule has 7 heteroatoms. The minimum atomic E-state index is -1.15. The van der Waals surface area contributed by atoms with Gasteiger partial charge < -0.3 is 4.74 Å². The summed E-state index contributed by atoms with van der Waals surface area (Å²) in [5, 5.41) is 10.1. The van der Waals surface area contributed by atoms with Crippen molar-refractivity contribution in [3.8, 4) is 5.75 Å². The number of hydrogen-bond acceptors (Lipinski definition) is 3. The van der Waals surface area contributed by atoms with E-state index < -0.39 is 11.8 Å². The lowest BCUT2D eigenvalue weighted by Crippen LogP contribution is -1.95. The van der Waals surface area contributed by atoms with Crippen LogP contribution in [0.4, 0.5) is 10.1 Å². The number of nitrogens with zero attached hydrogens (tertiary/aromatic N) is 1. The normalized spacial score (nSPS) is 9.93. The minimum Gasteiger partial charge on any atom is -0.460 e. The monoisotopic (exact) mass is 239 g/mol. The molecule has 1 rings (SSSR count). The van der Waals surface area contributed by atoms with Crippen LogP contribution in [-0.2, 0) is 0 Å². The minimum absolute atomic E-state index is 0.0262. The second-order valence-electron chi connectivity index (χ2n) is 2.22. The molecule has 0 aliphatic rings. The number of hydrogen-bond donors (Lipinski definition) is 0. The maximum atomic E-state index is 11.9. The van der Waals surface area contributed by atoms with Crippen LogP contribution in [0.1, 0.15) is 0 Å². The Morgan fingerprint density at radius 2 is 2.14 bits per heavy atom. The molecule has 0 atom stereocenters. The van der Waals surface area contributed by atoms with Gasteiger partial charge >= 0.3 is 0 Å². The van der Waals surface area contributed by atoms with Crippen molar-refractivity contribution in [2.45, 2.75) is 0 Å². The quantitative estimate of drug-likeness (QED) is 0.602. The van der Waals surface area contributed by atoms with E-state index in [1.54, 1.807) is 0 Å². The number of rotatable bonds is 3. The van der Waals surface area contributed by atoms with E-state index >= 15 is 0 Å². The van der Waals surface area contributed by atoms with Gasteiger partial charge in [-0.25, -0.2) is 4.39 Å². The smallest absolute Gasteiger partial charge is 0.291 e. The molecule has 0 saturated heterocycles. The lowest BCUT2D eigenvalue weighted by molar-refractivity contribution is -0.384. The Morgan fingerprint density at radius 3 is 2.64 bits per heavy atom. The first-order valence-electron chi connectivity index (χ1n) is 3.39. The predicted molar refractivity (Wildman–Crippen MR) is 49.7 cm³/mol. The number of alkyl halides is 1. The first-order valence-corrected chi connectivity index (χ1v) is 4.14. The summed E-state index contributed by atoms with van der Waals surface area (Å²) < 4.78 is 16.3. The van der Waals surface area contributed by atoms with Gasteiger partial charge in [-0.3, -0.25) is 10.1 Å². The second-order valence-corrected chi connectivity index (χ2v) is 3.01. The van der Waals surface area contributed by atoms with Gasteiger partial charge in [0.25, 0.3) is 5.69 Å². The third kappa shape index (κ3) is 2.05. The van der Waals surface area contributed by atoms with Crippen LogP contribution in [0.15, 0.2) is 12.1 Å². The first kappa shape index (κ1) is 11.0. The van der Waals surface area contributed by atoms with Crippen molar-refractivity contribution in [1.82, 2.24) is 0 Å². The SMILES string of the molecule is O=[N+]([O-])c1ccc(Cl)c(OCF)c1Cl. The molecule has 14 heavy (non-hydrogen) atoms. The van der Waals surface area contributed by atoms with Crippen LogP contribution >= 0.6 is 23.2 Å². The molecule has 0 fully saturated rings. The molecule has 1 aromatic rings. The first-order chi connectivity index (χ1) is 6.57. The highest BCUT2D eigenvalue weighted by molar-refractivity contribution is 6.38. The molecule has 0 unspecified atom stereocenters. The van der Waals surface area contributed by atoms with E-state index in [1.807, 2.05) is 0 Å². The fourth-order valence-corrected chi connectivity index (χ4v) is 1.40. The fraction of sp³-hybridized carbons (Fsp3) is 0.143. The molecule has 0 saturated carbocycles. The standard InChI is InChI=1S/C7H4Cl2FNO3/c8-4-1-2-5(11(12)13)6(9)7(4)14-3-10/h1-2H,3H2. The Labute approximate surface area is 88.3 Å². The van der Waals surface area contributed by atoms with Crippen LogP contribution in [0, 0.1) is 10.1 Å². The topological polar surface area (TPSA) is 52.4 Å².